The first-order valence-electron chi connectivity index (χ1n) is 6.97. The molecule has 7 heteroatoms. The highest BCUT2D eigenvalue weighted by Crippen LogP contribution is 2.32. The van der Waals surface area contributed by atoms with Crippen molar-refractivity contribution in [2.45, 2.75) is 30.7 Å². The molecule has 2 N–H and O–H groups in total. The standard InChI is InChI=1S/C14H21ClN2O3S/c1-10-4-3-7-17(13(10)9-16)21(18,19)11-5-6-14(20-2)12(15)8-11/h5-6,8,10,13H,3-4,7,9,16H2,1-2H3. The molecule has 0 bridgehead atoms. The Balaban J connectivity index is 2.38. The zero-order valence-electron chi connectivity index (χ0n) is 12.3. The van der Waals surface area contributed by atoms with Gasteiger partial charge in [0.1, 0.15) is 5.75 Å². The summed E-state index contributed by atoms with van der Waals surface area (Å²) in [6.07, 6.45) is 1.85. The summed E-state index contributed by atoms with van der Waals surface area (Å²) < 4.78 is 32.2. The van der Waals surface area contributed by atoms with Crippen LogP contribution in [0.25, 0.3) is 0 Å². The average molecular weight is 333 g/mol. The van der Waals surface area contributed by atoms with E-state index in [9.17, 15) is 8.42 Å². The average Bonchev–Trinajstić information content (AvgIpc) is 2.46. The van der Waals surface area contributed by atoms with Gasteiger partial charge in [0.15, 0.2) is 0 Å². The summed E-state index contributed by atoms with van der Waals surface area (Å²) >= 11 is 6.04. The third-order valence-electron chi connectivity index (χ3n) is 4.04. The maximum Gasteiger partial charge on any atom is 0.243 e. The van der Waals surface area contributed by atoms with Gasteiger partial charge in [-0.25, -0.2) is 8.42 Å². The van der Waals surface area contributed by atoms with Crippen LogP contribution < -0.4 is 10.5 Å². The van der Waals surface area contributed by atoms with E-state index < -0.39 is 10.0 Å². The van der Waals surface area contributed by atoms with Crippen molar-refractivity contribution in [3.8, 4) is 5.75 Å². The van der Waals surface area contributed by atoms with Crippen LogP contribution >= 0.6 is 11.6 Å². The molecule has 2 unspecified atom stereocenters. The molecule has 21 heavy (non-hydrogen) atoms. The predicted molar refractivity (Wildman–Crippen MR) is 83.1 cm³/mol. The lowest BCUT2D eigenvalue weighted by atomic mass is 9.93. The monoisotopic (exact) mass is 332 g/mol. The second-order valence-electron chi connectivity index (χ2n) is 5.33. The topological polar surface area (TPSA) is 72.6 Å². The smallest absolute Gasteiger partial charge is 0.243 e. The molecule has 1 aliphatic rings. The van der Waals surface area contributed by atoms with Gasteiger partial charge in [-0.3, -0.25) is 0 Å². The summed E-state index contributed by atoms with van der Waals surface area (Å²) in [5.74, 6) is 0.713. The first-order chi connectivity index (χ1) is 9.91. The lowest BCUT2D eigenvalue weighted by molar-refractivity contribution is 0.192. The van der Waals surface area contributed by atoms with E-state index in [-0.39, 0.29) is 21.9 Å². The molecular formula is C14H21ClN2O3S. The lowest BCUT2D eigenvalue weighted by Gasteiger charge is -2.38. The molecule has 1 aromatic carbocycles. The number of halogens is 1. The largest absolute Gasteiger partial charge is 0.495 e. The Morgan fingerprint density at radius 3 is 2.76 bits per heavy atom. The Hall–Kier alpha value is -0.820. The number of piperidine rings is 1. The highest BCUT2D eigenvalue weighted by atomic mass is 35.5. The Labute approximate surface area is 131 Å². The predicted octanol–water partition coefficient (Wildman–Crippen LogP) is 2.10. The van der Waals surface area contributed by atoms with Crippen molar-refractivity contribution in [1.29, 1.82) is 0 Å². The van der Waals surface area contributed by atoms with Gasteiger partial charge in [0.05, 0.1) is 17.0 Å². The summed E-state index contributed by atoms with van der Waals surface area (Å²) in [7, 11) is -2.10. The summed E-state index contributed by atoms with van der Waals surface area (Å²) in [4.78, 5) is 0.181. The molecule has 1 aliphatic heterocycles. The van der Waals surface area contributed by atoms with Crippen LogP contribution in [0.4, 0.5) is 0 Å². The summed E-state index contributed by atoms with van der Waals surface area (Å²) in [6, 6.07) is 4.36. The number of nitrogens with zero attached hydrogens (tertiary/aromatic N) is 1. The van der Waals surface area contributed by atoms with E-state index in [1.165, 1.54) is 23.5 Å². The number of sulfonamides is 1. The number of ether oxygens (including phenoxy) is 1. The molecule has 5 nitrogen and oxygen atoms in total. The van der Waals surface area contributed by atoms with Crippen LogP contribution in [0.1, 0.15) is 19.8 Å². The highest BCUT2D eigenvalue weighted by Gasteiger charge is 2.36. The molecule has 0 radical (unpaired) electrons. The molecule has 0 aliphatic carbocycles. The molecule has 0 aromatic heterocycles. The molecule has 1 aromatic rings. The van der Waals surface area contributed by atoms with Crippen molar-refractivity contribution < 1.29 is 13.2 Å². The molecule has 1 heterocycles. The van der Waals surface area contributed by atoms with Crippen molar-refractivity contribution in [2.75, 3.05) is 20.2 Å². The molecule has 0 spiro atoms. The Kier molecular flexibility index (Phi) is 5.14. The van der Waals surface area contributed by atoms with Crippen LogP contribution in [0.15, 0.2) is 23.1 Å². The third kappa shape index (κ3) is 3.18. The van der Waals surface area contributed by atoms with Crippen LogP contribution in [0.3, 0.4) is 0 Å². The molecule has 1 fully saturated rings. The van der Waals surface area contributed by atoms with E-state index in [2.05, 4.69) is 0 Å². The molecule has 0 saturated carbocycles. The van der Waals surface area contributed by atoms with Gasteiger partial charge in [0, 0.05) is 19.1 Å². The van der Waals surface area contributed by atoms with Crippen molar-refractivity contribution in [1.82, 2.24) is 4.31 Å². The third-order valence-corrected chi connectivity index (χ3v) is 6.25. The van der Waals surface area contributed by atoms with E-state index >= 15 is 0 Å². The minimum atomic E-state index is -3.59. The van der Waals surface area contributed by atoms with Gasteiger partial charge >= 0.3 is 0 Å². The maximum atomic E-state index is 12.8. The Morgan fingerprint density at radius 2 is 2.19 bits per heavy atom. The van der Waals surface area contributed by atoms with Gasteiger partial charge in [0.2, 0.25) is 10.0 Å². The fourth-order valence-electron chi connectivity index (χ4n) is 2.80. The van der Waals surface area contributed by atoms with Crippen LogP contribution in [0.2, 0.25) is 5.02 Å². The van der Waals surface area contributed by atoms with Crippen molar-refractivity contribution in [2.24, 2.45) is 11.7 Å². The minimum absolute atomic E-state index is 0.162. The second kappa shape index (κ2) is 6.52. The number of methoxy groups -OCH3 is 1. The van der Waals surface area contributed by atoms with E-state index in [1.807, 2.05) is 6.92 Å². The second-order valence-corrected chi connectivity index (χ2v) is 7.63. The zero-order valence-corrected chi connectivity index (χ0v) is 13.8. The van der Waals surface area contributed by atoms with Crippen LogP contribution in [0.5, 0.6) is 5.75 Å². The molecular weight excluding hydrogens is 312 g/mol. The van der Waals surface area contributed by atoms with Crippen LogP contribution in [-0.2, 0) is 10.0 Å². The number of nitrogens with two attached hydrogens (primary N) is 1. The lowest BCUT2D eigenvalue weighted by Crippen LogP contribution is -2.51. The van der Waals surface area contributed by atoms with Gasteiger partial charge in [-0.2, -0.15) is 4.31 Å². The molecule has 2 atom stereocenters. The first kappa shape index (κ1) is 16.5. The van der Waals surface area contributed by atoms with Gasteiger partial charge in [-0.1, -0.05) is 18.5 Å². The SMILES string of the molecule is COc1ccc(S(=O)(=O)N2CCCC(C)C2CN)cc1Cl. The normalized spacial score (nSPS) is 24.0. The number of hydrogen-bond donors (Lipinski definition) is 1. The molecule has 0 amide bonds. The molecule has 2 rings (SSSR count). The number of rotatable bonds is 4. The Morgan fingerprint density at radius 1 is 1.48 bits per heavy atom. The summed E-state index contributed by atoms with van der Waals surface area (Å²) in [5, 5.41) is 0.285. The molecule has 1 saturated heterocycles. The maximum absolute atomic E-state index is 12.8. The summed E-state index contributed by atoms with van der Waals surface area (Å²) in [6.45, 7) is 2.86. The van der Waals surface area contributed by atoms with Crippen LogP contribution in [-0.4, -0.2) is 39.0 Å². The van der Waals surface area contributed by atoms with Crippen molar-refractivity contribution in [3.63, 3.8) is 0 Å². The van der Waals surface area contributed by atoms with Gasteiger partial charge in [-0.15, -0.1) is 0 Å². The first-order valence-corrected chi connectivity index (χ1v) is 8.79. The Bertz CT molecular complexity index is 606. The van der Waals surface area contributed by atoms with Crippen LogP contribution in [0, 0.1) is 5.92 Å². The fraction of sp³-hybridized carbons (Fsp3) is 0.571. The van der Waals surface area contributed by atoms with E-state index in [1.54, 1.807) is 6.07 Å². The van der Waals surface area contributed by atoms with E-state index in [4.69, 9.17) is 22.1 Å². The minimum Gasteiger partial charge on any atom is -0.495 e. The van der Waals surface area contributed by atoms with Crippen molar-refractivity contribution >= 4 is 21.6 Å². The van der Waals surface area contributed by atoms with Crippen molar-refractivity contribution in [3.05, 3.63) is 23.2 Å². The quantitative estimate of drug-likeness (QED) is 0.916. The van der Waals surface area contributed by atoms with Gasteiger partial charge < -0.3 is 10.5 Å². The van der Waals surface area contributed by atoms with Gasteiger partial charge in [-0.05, 0) is 37.0 Å². The number of benzene rings is 1. The number of hydrogen-bond acceptors (Lipinski definition) is 4. The fourth-order valence-corrected chi connectivity index (χ4v) is 4.92. The highest BCUT2D eigenvalue weighted by molar-refractivity contribution is 7.89. The summed E-state index contributed by atoms with van der Waals surface area (Å²) in [5.41, 5.74) is 5.78. The zero-order chi connectivity index (χ0) is 15.6. The van der Waals surface area contributed by atoms with Gasteiger partial charge in [0.25, 0.3) is 0 Å². The van der Waals surface area contributed by atoms with E-state index in [0.717, 1.165) is 12.8 Å². The molecule has 118 valence electrons. The van der Waals surface area contributed by atoms with E-state index in [0.29, 0.717) is 18.8 Å².